The summed E-state index contributed by atoms with van der Waals surface area (Å²) in [6.07, 6.45) is 2.33. The number of anilines is 1. The number of ether oxygens (including phenoxy) is 1. The van der Waals surface area contributed by atoms with E-state index in [4.69, 9.17) is 10.5 Å². The molecule has 0 amide bonds. The van der Waals surface area contributed by atoms with Crippen molar-refractivity contribution in [3.63, 3.8) is 0 Å². The van der Waals surface area contributed by atoms with Gasteiger partial charge in [0, 0.05) is 24.8 Å². The van der Waals surface area contributed by atoms with Crippen LogP contribution in [0.15, 0.2) is 24.3 Å². The fraction of sp³-hybridized carbons (Fsp3) is 0.500. The fourth-order valence-corrected chi connectivity index (χ4v) is 2.04. The molecule has 1 fully saturated rings. The summed E-state index contributed by atoms with van der Waals surface area (Å²) >= 11 is 0. The van der Waals surface area contributed by atoms with Crippen molar-refractivity contribution < 1.29 is 4.74 Å². The quantitative estimate of drug-likeness (QED) is 0.799. The minimum Gasteiger partial charge on any atom is -0.497 e. The van der Waals surface area contributed by atoms with Crippen LogP contribution in [0.5, 0.6) is 5.75 Å². The van der Waals surface area contributed by atoms with Gasteiger partial charge in [0.15, 0.2) is 0 Å². The average Bonchev–Trinajstić information content (AvgIpc) is 2.29. The van der Waals surface area contributed by atoms with E-state index in [1.807, 2.05) is 12.1 Å². The Balaban J connectivity index is 2.07. The van der Waals surface area contributed by atoms with Gasteiger partial charge in [-0.25, -0.2) is 0 Å². The predicted octanol–water partition coefficient (Wildman–Crippen LogP) is 1.62. The smallest absolute Gasteiger partial charge is 0.119 e. The summed E-state index contributed by atoms with van der Waals surface area (Å²) < 4.78 is 5.13. The molecule has 1 saturated heterocycles. The molecule has 0 aliphatic carbocycles. The fourth-order valence-electron chi connectivity index (χ4n) is 2.04. The van der Waals surface area contributed by atoms with Crippen LogP contribution in [0, 0.1) is 0 Å². The van der Waals surface area contributed by atoms with Crippen LogP contribution in [0.1, 0.15) is 12.8 Å². The third-order valence-corrected chi connectivity index (χ3v) is 2.90. The maximum atomic E-state index is 5.95. The summed E-state index contributed by atoms with van der Waals surface area (Å²) in [6.45, 7) is 2.08. The summed E-state index contributed by atoms with van der Waals surface area (Å²) in [6, 6.07) is 8.50. The third kappa shape index (κ3) is 2.42. The second-order valence-corrected chi connectivity index (χ2v) is 4.05. The zero-order valence-electron chi connectivity index (χ0n) is 9.15. The van der Waals surface area contributed by atoms with Gasteiger partial charge >= 0.3 is 0 Å². The van der Waals surface area contributed by atoms with Gasteiger partial charge in [0.25, 0.3) is 0 Å². The summed E-state index contributed by atoms with van der Waals surface area (Å²) in [5.41, 5.74) is 7.19. The van der Waals surface area contributed by atoms with Crippen molar-refractivity contribution in [1.29, 1.82) is 0 Å². The topological polar surface area (TPSA) is 38.5 Å². The van der Waals surface area contributed by atoms with Gasteiger partial charge in [0.05, 0.1) is 7.11 Å². The maximum Gasteiger partial charge on any atom is 0.119 e. The molecule has 0 saturated carbocycles. The Hall–Kier alpha value is -1.22. The minimum atomic E-state index is 0.320. The Labute approximate surface area is 90.8 Å². The van der Waals surface area contributed by atoms with Gasteiger partial charge in [-0.1, -0.05) is 0 Å². The van der Waals surface area contributed by atoms with E-state index in [9.17, 15) is 0 Å². The summed E-state index contributed by atoms with van der Waals surface area (Å²) in [5, 5.41) is 0. The number of nitrogens with two attached hydrogens (primary N) is 1. The molecule has 0 aromatic heterocycles. The van der Waals surface area contributed by atoms with Crippen LogP contribution in [0.4, 0.5) is 5.69 Å². The molecule has 0 spiro atoms. The van der Waals surface area contributed by atoms with E-state index in [0.717, 1.165) is 25.3 Å². The monoisotopic (exact) mass is 206 g/mol. The Bertz CT molecular complexity index is 310. The Morgan fingerprint density at radius 1 is 1.33 bits per heavy atom. The molecule has 1 unspecified atom stereocenters. The van der Waals surface area contributed by atoms with Crippen LogP contribution in [-0.2, 0) is 0 Å². The zero-order valence-corrected chi connectivity index (χ0v) is 9.15. The van der Waals surface area contributed by atoms with Crippen molar-refractivity contribution in [2.75, 3.05) is 25.1 Å². The summed E-state index contributed by atoms with van der Waals surface area (Å²) in [4.78, 5) is 2.34. The van der Waals surface area contributed by atoms with Crippen LogP contribution in [0.25, 0.3) is 0 Å². The highest BCUT2D eigenvalue weighted by Gasteiger charge is 2.16. The molecule has 1 aromatic carbocycles. The molecule has 1 aliphatic rings. The number of nitrogens with zero attached hydrogens (tertiary/aromatic N) is 1. The molecule has 1 atom stereocenters. The standard InChI is InChI=1S/C12H18N2O/c1-15-12-6-4-11(5-7-12)14-8-2-3-10(13)9-14/h4-7,10H,2-3,8-9,13H2,1H3. The molecule has 1 heterocycles. The molecular formula is C12H18N2O. The average molecular weight is 206 g/mol. The molecule has 2 rings (SSSR count). The molecular weight excluding hydrogens is 188 g/mol. The molecule has 2 N–H and O–H groups in total. The third-order valence-electron chi connectivity index (χ3n) is 2.90. The number of rotatable bonds is 2. The first-order valence-corrected chi connectivity index (χ1v) is 5.44. The number of methoxy groups -OCH3 is 1. The first-order chi connectivity index (χ1) is 7.29. The zero-order chi connectivity index (χ0) is 10.7. The van der Waals surface area contributed by atoms with Gasteiger partial charge in [-0.2, -0.15) is 0 Å². The Morgan fingerprint density at radius 3 is 2.67 bits per heavy atom. The molecule has 3 nitrogen and oxygen atoms in total. The van der Waals surface area contributed by atoms with E-state index in [0.29, 0.717) is 6.04 Å². The summed E-state index contributed by atoms with van der Waals surface area (Å²) in [7, 11) is 1.69. The first kappa shape index (κ1) is 10.3. The van der Waals surface area contributed by atoms with Crippen LogP contribution in [0.3, 0.4) is 0 Å². The van der Waals surface area contributed by atoms with Crippen molar-refractivity contribution in [2.45, 2.75) is 18.9 Å². The number of hydrogen-bond acceptors (Lipinski definition) is 3. The minimum absolute atomic E-state index is 0.320. The molecule has 1 aromatic rings. The van der Waals surface area contributed by atoms with Crippen molar-refractivity contribution in [2.24, 2.45) is 5.73 Å². The number of hydrogen-bond donors (Lipinski definition) is 1. The van der Waals surface area contributed by atoms with Gasteiger partial charge < -0.3 is 15.4 Å². The summed E-state index contributed by atoms with van der Waals surface area (Å²) in [5.74, 6) is 0.903. The Morgan fingerprint density at radius 2 is 2.07 bits per heavy atom. The van der Waals surface area contributed by atoms with Gasteiger partial charge in [-0.15, -0.1) is 0 Å². The second kappa shape index (κ2) is 4.53. The molecule has 0 radical (unpaired) electrons. The van der Waals surface area contributed by atoms with Crippen molar-refractivity contribution in [3.05, 3.63) is 24.3 Å². The predicted molar refractivity (Wildman–Crippen MR) is 62.4 cm³/mol. The van der Waals surface area contributed by atoms with Gasteiger partial charge in [-0.3, -0.25) is 0 Å². The second-order valence-electron chi connectivity index (χ2n) is 4.05. The first-order valence-electron chi connectivity index (χ1n) is 5.44. The lowest BCUT2D eigenvalue weighted by molar-refractivity contribution is 0.414. The van der Waals surface area contributed by atoms with Crippen LogP contribution in [0.2, 0.25) is 0 Å². The molecule has 1 aliphatic heterocycles. The van der Waals surface area contributed by atoms with Gasteiger partial charge in [0.2, 0.25) is 0 Å². The Kier molecular flexibility index (Phi) is 3.11. The van der Waals surface area contributed by atoms with Crippen molar-refractivity contribution in [1.82, 2.24) is 0 Å². The molecule has 0 bridgehead atoms. The highest BCUT2D eigenvalue weighted by molar-refractivity contribution is 5.49. The van der Waals surface area contributed by atoms with E-state index >= 15 is 0 Å². The lowest BCUT2D eigenvalue weighted by atomic mass is 10.1. The normalized spacial score (nSPS) is 21.5. The van der Waals surface area contributed by atoms with Gasteiger partial charge in [-0.05, 0) is 37.1 Å². The molecule has 3 heteroatoms. The van der Waals surface area contributed by atoms with E-state index in [-0.39, 0.29) is 0 Å². The van der Waals surface area contributed by atoms with Crippen LogP contribution in [-0.4, -0.2) is 26.2 Å². The largest absolute Gasteiger partial charge is 0.497 e. The van der Waals surface area contributed by atoms with E-state index in [2.05, 4.69) is 17.0 Å². The van der Waals surface area contributed by atoms with E-state index in [1.165, 1.54) is 12.1 Å². The molecule has 82 valence electrons. The van der Waals surface area contributed by atoms with Crippen LogP contribution < -0.4 is 15.4 Å². The highest BCUT2D eigenvalue weighted by Crippen LogP contribution is 2.22. The lowest BCUT2D eigenvalue weighted by Crippen LogP contribution is -2.42. The lowest BCUT2D eigenvalue weighted by Gasteiger charge is -2.32. The van der Waals surface area contributed by atoms with Crippen molar-refractivity contribution in [3.8, 4) is 5.75 Å². The van der Waals surface area contributed by atoms with Gasteiger partial charge in [0.1, 0.15) is 5.75 Å². The molecule has 15 heavy (non-hydrogen) atoms. The SMILES string of the molecule is COc1ccc(N2CCCC(N)C2)cc1. The maximum absolute atomic E-state index is 5.95. The van der Waals surface area contributed by atoms with E-state index in [1.54, 1.807) is 7.11 Å². The van der Waals surface area contributed by atoms with E-state index < -0.39 is 0 Å². The number of piperidine rings is 1. The van der Waals surface area contributed by atoms with Crippen LogP contribution >= 0.6 is 0 Å². The number of benzene rings is 1. The van der Waals surface area contributed by atoms with Crippen molar-refractivity contribution >= 4 is 5.69 Å². The highest BCUT2D eigenvalue weighted by atomic mass is 16.5.